The van der Waals surface area contributed by atoms with Crippen molar-refractivity contribution in [3.8, 4) is 0 Å². The smallest absolute Gasteiger partial charge is 0.235 e. The number of halogens is 2. The molecule has 1 amide bonds. The van der Waals surface area contributed by atoms with Crippen LogP contribution >= 0.6 is 11.8 Å². The number of rotatable bonds is 3. The van der Waals surface area contributed by atoms with Gasteiger partial charge in [0.2, 0.25) is 5.91 Å². The number of carbonyl (C=O) groups excluding carboxylic acids is 1. The van der Waals surface area contributed by atoms with Crippen molar-refractivity contribution in [2.75, 3.05) is 13.1 Å². The molecule has 1 fully saturated rings. The van der Waals surface area contributed by atoms with Gasteiger partial charge in [0.15, 0.2) is 11.6 Å². The average Bonchev–Trinajstić information content (AvgIpc) is 2.71. The zero-order valence-electron chi connectivity index (χ0n) is 11.6. The van der Waals surface area contributed by atoms with Crippen LogP contribution in [0, 0.1) is 11.6 Å². The normalized spacial score (nSPS) is 17.6. The van der Waals surface area contributed by atoms with Crippen LogP contribution < -0.4 is 0 Å². The van der Waals surface area contributed by atoms with Crippen LogP contribution in [0.25, 0.3) is 0 Å². The lowest BCUT2D eigenvalue weighted by Crippen LogP contribution is -2.37. The maximum atomic E-state index is 13.2. The fourth-order valence-electron chi connectivity index (χ4n) is 2.35. The van der Waals surface area contributed by atoms with Gasteiger partial charge in [0.25, 0.3) is 0 Å². The summed E-state index contributed by atoms with van der Waals surface area (Å²) in [6.45, 7) is 3.43. The van der Waals surface area contributed by atoms with Gasteiger partial charge in [-0.3, -0.25) is 4.79 Å². The molecule has 1 unspecified atom stereocenters. The number of thioether (sulfide) groups is 1. The number of hydrogen-bond donors (Lipinski definition) is 0. The molecule has 1 aromatic carbocycles. The zero-order valence-corrected chi connectivity index (χ0v) is 12.4. The lowest BCUT2D eigenvalue weighted by molar-refractivity contribution is -0.130. The van der Waals surface area contributed by atoms with E-state index in [0.29, 0.717) is 4.90 Å². The Hall–Kier alpha value is -1.10. The van der Waals surface area contributed by atoms with E-state index in [1.807, 2.05) is 11.8 Å². The summed E-state index contributed by atoms with van der Waals surface area (Å²) in [4.78, 5) is 14.8. The van der Waals surface area contributed by atoms with Gasteiger partial charge in [0, 0.05) is 18.0 Å². The first kappa shape index (κ1) is 15.3. The predicted molar refractivity (Wildman–Crippen MR) is 76.7 cm³/mol. The van der Waals surface area contributed by atoms with Crippen LogP contribution in [0.3, 0.4) is 0 Å². The Morgan fingerprint density at radius 1 is 1.15 bits per heavy atom. The van der Waals surface area contributed by atoms with Crippen LogP contribution in [0.1, 0.15) is 32.6 Å². The Labute approximate surface area is 122 Å². The van der Waals surface area contributed by atoms with Gasteiger partial charge in [-0.25, -0.2) is 8.78 Å². The van der Waals surface area contributed by atoms with Crippen molar-refractivity contribution in [1.29, 1.82) is 0 Å². The highest BCUT2D eigenvalue weighted by molar-refractivity contribution is 8.00. The largest absolute Gasteiger partial charge is 0.342 e. The Kier molecular flexibility index (Phi) is 5.40. The van der Waals surface area contributed by atoms with Gasteiger partial charge in [0.05, 0.1) is 5.25 Å². The molecule has 0 saturated carbocycles. The van der Waals surface area contributed by atoms with Gasteiger partial charge in [-0.1, -0.05) is 12.8 Å². The van der Waals surface area contributed by atoms with Gasteiger partial charge in [0.1, 0.15) is 0 Å². The SMILES string of the molecule is CC(Sc1ccc(F)c(F)c1)C(=O)N1CCCCCC1. The molecule has 0 aliphatic carbocycles. The molecule has 0 radical (unpaired) electrons. The quantitative estimate of drug-likeness (QED) is 0.790. The van der Waals surface area contributed by atoms with E-state index >= 15 is 0 Å². The second-order valence-corrected chi connectivity index (χ2v) is 6.49. The second-order valence-electron chi connectivity index (χ2n) is 5.08. The average molecular weight is 299 g/mol. The molecular formula is C15H19F2NOS. The summed E-state index contributed by atoms with van der Waals surface area (Å²) >= 11 is 1.28. The fraction of sp³-hybridized carbons (Fsp3) is 0.533. The monoisotopic (exact) mass is 299 g/mol. The summed E-state index contributed by atoms with van der Waals surface area (Å²) in [5.74, 6) is -1.65. The van der Waals surface area contributed by atoms with E-state index < -0.39 is 11.6 Å². The second kappa shape index (κ2) is 7.07. The Balaban J connectivity index is 1.97. The molecular weight excluding hydrogens is 280 g/mol. The van der Waals surface area contributed by atoms with Gasteiger partial charge in [-0.05, 0) is 38.0 Å². The van der Waals surface area contributed by atoms with Crippen molar-refractivity contribution >= 4 is 17.7 Å². The Morgan fingerprint density at radius 2 is 1.80 bits per heavy atom. The van der Waals surface area contributed by atoms with Crippen LogP contribution in [0.4, 0.5) is 8.78 Å². The van der Waals surface area contributed by atoms with Crippen molar-refractivity contribution in [2.45, 2.75) is 42.8 Å². The maximum absolute atomic E-state index is 13.2. The summed E-state index contributed by atoms with van der Waals surface area (Å²) in [7, 11) is 0. The third kappa shape index (κ3) is 3.95. The van der Waals surface area contributed by atoms with Crippen molar-refractivity contribution in [3.63, 3.8) is 0 Å². The van der Waals surface area contributed by atoms with Crippen molar-refractivity contribution < 1.29 is 13.6 Å². The molecule has 0 spiro atoms. The molecule has 0 N–H and O–H groups in total. The summed E-state index contributed by atoms with van der Waals surface area (Å²) in [6.07, 6.45) is 4.45. The number of likely N-dealkylation sites (tertiary alicyclic amines) is 1. The summed E-state index contributed by atoms with van der Waals surface area (Å²) in [6, 6.07) is 3.75. The van der Waals surface area contributed by atoms with Crippen LogP contribution in [0.5, 0.6) is 0 Å². The molecule has 1 aliphatic rings. The van der Waals surface area contributed by atoms with E-state index in [9.17, 15) is 13.6 Å². The number of carbonyl (C=O) groups is 1. The first-order chi connectivity index (χ1) is 9.58. The van der Waals surface area contributed by atoms with E-state index in [1.54, 1.807) is 0 Å². The van der Waals surface area contributed by atoms with Gasteiger partial charge in [-0.2, -0.15) is 0 Å². The third-order valence-electron chi connectivity index (χ3n) is 3.47. The molecule has 0 bridgehead atoms. The predicted octanol–water partition coefficient (Wildman–Crippen LogP) is 3.85. The van der Waals surface area contributed by atoms with Crippen LogP contribution in [0.15, 0.2) is 23.1 Å². The zero-order chi connectivity index (χ0) is 14.5. The number of amides is 1. The van der Waals surface area contributed by atoms with Crippen LogP contribution in [0.2, 0.25) is 0 Å². The fourth-order valence-corrected chi connectivity index (χ4v) is 3.33. The number of hydrogen-bond acceptors (Lipinski definition) is 2. The third-order valence-corrected chi connectivity index (χ3v) is 4.55. The molecule has 5 heteroatoms. The summed E-state index contributed by atoms with van der Waals surface area (Å²) in [5, 5.41) is -0.280. The maximum Gasteiger partial charge on any atom is 0.235 e. The molecule has 2 nitrogen and oxygen atoms in total. The number of nitrogens with zero attached hydrogens (tertiary/aromatic N) is 1. The molecule has 1 aliphatic heterocycles. The van der Waals surface area contributed by atoms with E-state index in [0.717, 1.165) is 38.1 Å². The molecule has 2 rings (SSSR count). The summed E-state index contributed by atoms with van der Waals surface area (Å²) in [5.41, 5.74) is 0. The topological polar surface area (TPSA) is 20.3 Å². The molecule has 1 heterocycles. The van der Waals surface area contributed by atoms with E-state index in [2.05, 4.69) is 0 Å². The highest BCUT2D eigenvalue weighted by atomic mass is 32.2. The highest BCUT2D eigenvalue weighted by Gasteiger charge is 2.22. The lowest BCUT2D eigenvalue weighted by Gasteiger charge is -2.23. The first-order valence-corrected chi connectivity index (χ1v) is 7.86. The lowest BCUT2D eigenvalue weighted by atomic mass is 10.2. The van der Waals surface area contributed by atoms with Gasteiger partial charge in [-0.15, -0.1) is 11.8 Å². The minimum Gasteiger partial charge on any atom is -0.342 e. The van der Waals surface area contributed by atoms with E-state index in [4.69, 9.17) is 0 Å². The molecule has 1 saturated heterocycles. The number of benzene rings is 1. The molecule has 20 heavy (non-hydrogen) atoms. The summed E-state index contributed by atoms with van der Waals surface area (Å²) < 4.78 is 26.0. The van der Waals surface area contributed by atoms with E-state index in [-0.39, 0.29) is 11.2 Å². The standard InChI is InChI=1S/C15H19F2NOS/c1-11(15(19)18-8-4-2-3-5-9-18)20-12-6-7-13(16)14(17)10-12/h6-7,10-11H,2-5,8-9H2,1H3. The molecule has 1 aromatic rings. The first-order valence-electron chi connectivity index (χ1n) is 6.98. The van der Waals surface area contributed by atoms with Gasteiger partial charge >= 0.3 is 0 Å². The minimum atomic E-state index is -0.871. The Bertz CT molecular complexity index is 473. The Morgan fingerprint density at radius 3 is 2.40 bits per heavy atom. The van der Waals surface area contributed by atoms with Crippen molar-refractivity contribution in [1.82, 2.24) is 4.90 Å². The highest BCUT2D eigenvalue weighted by Crippen LogP contribution is 2.26. The van der Waals surface area contributed by atoms with Crippen LogP contribution in [-0.2, 0) is 4.79 Å². The minimum absolute atomic E-state index is 0.0848. The van der Waals surface area contributed by atoms with E-state index in [1.165, 1.54) is 30.7 Å². The van der Waals surface area contributed by atoms with Gasteiger partial charge < -0.3 is 4.90 Å². The molecule has 1 atom stereocenters. The van der Waals surface area contributed by atoms with Crippen molar-refractivity contribution in [2.24, 2.45) is 0 Å². The van der Waals surface area contributed by atoms with Crippen molar-refractivity contribution in [3.05, 3.63) is 29.8 Å². The van der Waals surface area contributed by atoms with Crippen LogP contribution in [-0.4, -0.2) is 29.1 Å². The molecule has 0 aromatic heterocycles. The molecule has 110 valence electrons.